The van der Waals surface area contributed by atoms with E-state index in [-0.39, 0.29) is 5.91 Å². The van der Waals surface area contributed by atoms with E-state index >= 15 is 0 Å². The van der Waals surface area contributed by atoms with Crippen LogP contribution in [0.5, 0.6) is 0 Å². The van der Waals surface area contributed by atoms with Gasteiger partial charge in [-0.3, -0.25) is 9.69 Å². The minimum absolute atomic E-state index is 0.105. The first kappa shape index (κ1) is 17.6. The van der Waals surface area contributed by atoms with Crippen molar-refractivity contribution in [3.63, 3.8) is 0 Å². The summed E-state index contributed by atoms with van der Waals surface area (Å²) in [7, 11) is 0. The Morgan fingerprint density at radius 2 is 2.17 bits per heavy atom. The van der Waals surface area contributed by atoms with Gasteiger partial charge in [0.2, 0.25) is 5.91 Å². The molecule has 1 amide bonds. The van der Waals surface area contributed by atoms with Crippen molar-refractivity contribution in [2.45, 2.75) is 32.6 Å². The van der Waals surface area contributed by atoms with Crippen LogP contribution < -0.4 is 10.2 Å². The number of benzene rings is 1. The summed E-state index contributed by atoms with van der Waals surface area (Å²) in [4.78, 5) is 14.0. The topological polar surface area (TPSA) is 32.3 Å². The summed E-state index contributed by atoms with van der Waals surface area (Å²) in [6, 6.07) is 9.72. The summed E-state index contributed by atoms with van der Waals surface area (Å²) in [5.74, 6) is 6.18. The molecule has 0 unspecified atom stereocenters. The number of nitrogens with one attached hydrogen (secondary N) is 1. The maximum absolute atomic E-state index is 12.3. The molecule has 0 saturated heterocycles. The summed E-state index contributed by atoms with van der Waals surface area (Å²) in [6.07, 6.45) is 12.8. The van der Waals surface area contributed by atoms with Crippen molar-refractivity contribution in [3.05, 3.63) is 66.5 Å². The normalized spacial score (nSPS) is 13.0. The van der Waals surface area contributed by atoms with Crippen LogP contribution in [0.15, 0.2) is 66.5 Å². The fourth-order valence-corrected chi connectivity index (χ4v) is 2.37. The molecule has 0 fully saturated rings. The highest BCUT2D eigenvalue weighted by Crippen LogP contribution is 2.15. The van der Waals surface area contributed by atoms with Gasteiger partial charge in [-0.1, -0.05) is 54.7 Å². The van der Waals surface area contributed by atoms with Crippen LogP contribution in [0, 0.1) is 11.8 Å². The first-order valence-corrected chi connectivity index (χ1v) is 8.41. The van der Waals surface area contributed by atoms with Crippen molar-refractivity contribution in [2.24, 2.45) is 0 Å². The third kappa shape index (κ3) is 5.81. The quantitative estimate of drug-likeness (QED) is 0.576. The van der Waals surface area contributed by atoms with Gasteiger partial charge in [-0.15, -0.1) is 0 Å². The molecule has 3 nitrogen and oxygen atoms in total. The van der Waals surface area contributed by atoms with Gasteiger partial charge in [-0.25, -0.2) is 0 Å². The number of hydrogen-bond donors (Lipinski definition) is 1. The number of anilines is 1. The largest absolute Gasteiger partial charge is 0.389 e. The number of carbonyl (C=O) groups excluding carboxylic acids is 1. The van der Waals surface area contributed by atoms with Crippen molar-refractivity contribution in [1.82, 2.24) is 5.32 Å². The van der Waals surface area contributed by atoms with Gasteiger partial charge < -0.3 is 5.32 Å². The molecule has 0 aromatic heterocycles. The zero-order chi connectivity index (χ0) is 17.0. The summed E-state index contributed by atoms with van der Waals surface area (Å²) < 4.78 is 0. The minimum atomic E-state index is 0.105. The Bertz CT molecular complexity index is 675. The van der Waals surface area contributed by atoms with E-state index in [0.29, 0.717) is 6.42 Å². The number of para-hydroxylation sites is 1. The Labute approximate surface area is 144 Å². The van der Waals surface area contributed by atoms with Crippen LogP contribution in [0.25, 0.3) is 0 Å². The van der Waals surface area contributed by atoms with Crippen molar-refractivity contribution < 1.29 is 4.79 Å². The summed E-state index contributed by atoms with van der Waals surface area (Å²) >= 11 is 0. The second-order valence-corrected chi connectivity index (χ2v) is 5.55. The standard InChI is InChI=1S/C21H24N2O/c1-2-10-21(24)23(20-13-8-5-9-14-20)18-17-22-16-15-19-11-6-3-4-7-12-19/h3,5-6,8-9,11,13-14,17-18,22H,2,10,12,15-16H2,1H3/b18-17+. The number of carbonyl (C=O) groups is 1. The maximum atomic E-state index is 12.3. The lowest BCUT2D eigenvalue weighted by Gasteiger charge is -2.18. The first-order chi connectivity index (χ1) is 11.8. The van der Waals surface area contributed by atoms with Gasteiger partial charge in [-0.05, 0) is 31.1 Å². The van der Waals surface area contributed by atoms with E-state index in [1.807, 2.05) is 61.8 Å². The molecule has 0 saturated carbocycles. The molecule has 124 valence electrons. The fraction of sp³-hybridized carbons (Fsp3) is 0.286. The average Bonchev–Trinajstić information content (AvgIpc) is 2.88. The van der Waals surface area contributed by atoms with E-state index in [0.717, 1.165) is 31.5 Å². The van der Waals surface area contributed by atoms with E-state index in [4.69, 9.17) is 0 Å². The molecule has 1 aromatic rings. The fourth-order valence-electron chi connectivity index (χ4n) is 2.37. The molecule has 0 heterocycles. The summed E-state index contributed by atoms with van der Waals surface area (Å²) in [5, 5.41) is 3.26. The minimum Gasteiger partial charge on any atom is -0.389 e. The van der Waals surface area contributed by atoms with Crippen LogP contribution >= 0.6 is 0 Å². The molecule has 0 aliphatic heterocycles. The lowest BCUT2D eigenvalue weighted by Crippen LogP contribution is -2.25. The van der Waals surface area contributed by atoms with Crippen molar-refractivity contribution >= 4 is 11.6 Å². The molecule has 1 aliphatic rings. The summed E-state index contributed by atoms with van der Waals surface area (Å²) in [5.41, 5.74) is 2.21. The second kappa shape index (κ2) is 10.1. The Morgan fingerprint density at radius 3 is 2.96 bits per heavy atom. The molecule has 2 rings (SSSR count). The van der Waals surface area contributed by atoms with Crippen molar-refractivity contribution in [2.75, 3.05) is 11.4 Å². The van der Waals surface area contributed by atoms with Crippen LogP contribution in [-0.2, 0) is 4.79 Å². The van der Waals surface area contributed by atoms with Crippen LogP contribution in [0.2, 0.25) is 0 Å². The van der Waals surface area contributed by atoms with E-state index in [1.165, 1.54) is 5.57 Å². The number of amides is 1. The predicted octanol–water partition coefficient (Wildman–Crippen LogP) is 4.16. The number of nitrogens with zero attached hydrogens (tertiary/aromatic N) is 1. The molecule has 1 N–H and O–H groups in total. The SMILES string of the molecule is CCCC(=O)N(/C=C/NCCC1=CC=CC#CC1)c1ccccc1. The Balaban J connectivity index is 1.88. The highest BCUT2D eigenvalue weighted by atomic mass is 16.2. The van der Waals surface area contributed by atoms with Crippen LogP contribution in [0.1, 0.15) is 32.6 Å². The van der Waals surface area contributed by atoms with Gasteiger partial charge in [0.25, 0.3) is 0 Å². The number of rotatable bonds is 8. The third-order valence-corrected chi connectivity index (χ3v) is 3.63. The average molecular weight is 320 g/mol. The molecule has 0 bridgehead atoms. The molecule has 0 radical (unpaired) electrons. The third-order valence-electron chi connectivity index (χ3n) is 3.63. The monoisotopic (exact) mass is 320 g/mol. The second-order valence-electron chi connectivity index (χ2n) is 5.55. The zero-order valence-electron chi connectivity index (χ0n) is 14.2. The predicted molar refractivity (Wildman–Crippen MR) is 100 cm³/mol. The van der Waals surface area contributed by atoms with Gasteiger partial charge in [0.1, 0.15) is 0 Å². The first-order valence-electron chi connectivity index (χ1n) is 8.41. The van der Waals surface area contributed by atoms with E-state index in [2.05, 4.69) is 23.2 Å². The van der Waals surface area contributed by atoms with Crippen molar-refractivity contribution in [1.29, 1.82) is 0 Å². The lowest BCUT2D eigenvalue weighted by molar-refractivity contribution is -0.118. The maximum Gasteiger partial charge on any atom is 0.231 e. The zero-order valence-corrected chi connectivity index (χ0v) is 14.2. The van der Waals surface area contributed by atoms with Crippen LogP contribution in [0.3, 0.4) is 0 Å². The highest BCUT2D eigenvalue weighted by molar-refractivity contribution is 5.94. The highest BCUT2D eigenvalue weighted by Gasteiger charge is 2.11. The Hall–Kier alpha value is -2.73. The Morgan fingerprint density at radius 1 is 1.33 bits per heavy atom. The van der Waals surface area contributed by atoms with E-state index in [1.54, 1.807) is 4.90 Å². The molecular weight excluding hydrogens is 296 g/mol. The van der Waals surface area contributed by atoms with Crippen molar-refractivity contribution in [3.8, 4) is 11.8 Å². The van der Waals surface area contributed by atoms with Crippen LogP contribution in [-0.4, -0.2) is 12.5 Å². The Kier molecular flexibility index (Phi) is 7.43. The number of hydrogen-bond acceptors (Lipinski definition) is 2. The van der Waals surface area contributed by atoms with Crippen LogP contribution in [0.4, 0.5) is 5.69 Å². The smallest absolute Gasteiger partial charge is 0.231 e. The lowest BCUT2D eigenvalue weighted by atomic mass is 10.1. The molecule has 0 spiro atoms. The summed E-state index contributed by atoms with van der Waals surface area (Å²) in [6.45, 7) is 2.84. The van der Waals surface area contributed by atoms with E-state index < -0.39 is 0 Å². The number of allylic oxidation sites excluding steroid dienone is 3. The molecule has 1 aliphatic carbocycles. The molecule has 3 heteroatoms. The molecule has 24 heavy (non-hydrogen) atoms. The van der Waals surface area contributed by atoms with Gasteiger partial charge in [0, 0.05) is 37.5 Å². The van der Waals surface area contributed by atoms with Gasteiger partial charge in [-0.2, -0.15) is 0 Å². The van der Waals surface area contributed by atoms with Gasteiger partial charge in [0.15, 0.2) is 0 Å². The van der Waals surface area contributed by atoms with Gasteiger partial charge >= 0.3 is 0 Å². The van der Waals surface area contributed by atoms with E-state index in [9.17, 15) is 4.79 Å². The van der Waals surface area contributed by atoms with Gasteiger partial charge in [0.05, 0.1) is 0 Å². The molecular formula is C21H24N2O. The molecule has 0 atom stereocenters. The molecule has 1 aromatic carbocycles.